The number of H-pyrrole nitrogens is 2. The Bertz CT molecular complexity index is 1230. The predicted molar refractivity (Wildman–Crippen MR) is 122 cm³/mol. The Balaban J connectivity index is 0.000000226. The van der Waals surface area contributed by atoms with Gasteiger partial charge in [0, 0.05) is 18.7 Å². The van der Waals surface area contributed by atoms with E-state index in [1.54, 1.807) is 15.9 Å². The van der Waals surface area contributed by atoms with Crippen molar-refractivity contribution in [2.75, 3.05) is 44.7 Å². The van der Waals surface area contributed by atoms with Gasteiger partial charge in [-0.1, -0.05) is 0 Å². The molecule has 2 aromatic heterocycles. The van der Waals surface area contributed by atoms with Crippen LogP contribution in [0, 0.1) is 0 Å². The molecule has 192 valence electrons. The first-order chi connectivity index (χ1) is 16.2. The van der Waals surface area contributed by atoms with E-state index in [4.69, 9.17) is 10.3 Å². The Kier molecular flexibility index (Phi) is 9.18. The second kappa shape index (κ2) is 11.6. The highest BCUT2D eigenvalue weighted by atomic mass is 32.2. The van der Waals surface area contributed by atoms with Crippen molar-refractivity contribution < 1.29 is 32.1 Å². The number of fused-ring (bicyclic) bond motifs is 1. The number of pyridine rings is 1. The minimum Gasteiger partial charge on any atom is -0.385 e. The van der Waals surface area contributed by atoms with Crippen LogP contribution < -0.4 is 21.9 Å². The quantitative estimate of drug-likeness (QED) is 0.174. The molecule has 0 saturated carbocycles. The largest absolute Gasteiger partial charge is 0.385 e. The first kappa shape index (κ1) is 27.6. The maximum absolute atomic E-state index is 11.3. The number of aromatic amines is 2. The highest BCUT2D eigenvalue weighted by molar-refractivity contribution is 7.85. The Labute approximate surface area is 199 Å². The van der Waals surface area contributed by atoms with Gasteiger partial charge >= 0.3 is 0 Å². The average Bonchev–Trinajstić information content (AvgIpc) is 3.14. The number of carbonyl (C=O) groups is 4. The molecule has 1 unspecified atom stereocenters. The average molecular weight is 515 g/mol. The van der Waals surface area contributed by atoms with Crippen LogP contribution in [0.25, 0.3) is 11.0 Å². The number of imide groups is 2. The standard InChI is InChI=1S/C11H16N4O4.C6H6N4O.CH4O3S/c1-7(15-5-10(18)13-11(19)6-15)2-14-3-8(16)12-9(17)4-14;7-4-1-3-5(6(11)10-4)9-2-8-3;1-5(2,3)4/h7H,2-6H2,1H3,(H,12,16,17)(H,13,18,19);1-2H,(H,8,9)(H3,7,10,11);1H3,(H,2,3,4). The van der Waals surface area contributed by atoms with Crippen molar-refractivity contribution in [1.82, 2.24) is 35.4 Å². The number of rotatable bonds is 3. The minimum atomic E-state index is -3.67. The monoisotopic (exact) mass is 514 g/mol. The van der Waals surface area contributed by atoms with E-state index >= 15 is 0 Å². The number of nitrogen functional groups attached to an aromatic ring is 1. The zero-order chi connectivity index (χ0) is 26.3. The fourth-order valence-corrected chi connectivity index (χ4v) is 3.26. The molecule has 0 spiro atoms. The predicted octanol–water partition coefficient (Wildman–Crippen LogP) is -3.37. The van der Waals surface area contributed by atoms with Crippen LogP contribution in [0.15, 0.2) is 17.2 Å². The third-order valence-corrected chi connectivity index (χ3v) is 4.57. The molecule has 2 saturated heterocycles. The van der Waals surface area contributed by atoms with Crippen LogP contribution in [-0.4, -0.2) is 106 Å². The number of carbonyl (C=O) groups excluding carboxylic acids is 4. The Morgan fingerprint density at radius 3 is 2.03 bits per heavy atom. The molecule has 4 amide bonds. The molecule has 0 radical (unpaired) electrons. The van der Waals surface area contributed by atoms with Gasteiger partial charge in [-0.05, 0) is 6.92 Å². The first-order valence-corrected chi connectivity index (χ1v) is 11.9. The summed E-state index contributed by atoms with van der Waals surface area (Å²) in [6.07, 6.45) is 2.17. The van der Waals surface area contributed by atoms with Crippen LogP contribution in [0.2, 0.25) is 0 Å². The zero-order valence-corrected chi connectivity index (χ0v) is 19.7. The molecule has 17 heteroatoms. The van der Waals surface area contributed by atoms with Crippen LogP contribution in [0.1, 0.15) is 6.92 Å². The zero-order valence-electron chi connectivity index (χ0n) is 18.9. The summed E-state index contributed by atoms with van der Waals surface area (Å²) in [7, 11) is -3.67. The van der Waals surface area contributed by atoms with E-state index in [2.05, 4.69) is 25.6 Å². The van der Waals surface area contributed by atoms with Gasteiger partial charge in [0.15, 0.2) is 5.52 Å². The number of nitrogens with one attached hydrogen (secondary N) is 4. The molecule has 4 rings (SSSR count). The molecule has 0 bridgehead atoms. The van der Waals surface area contributed by atoms with Gasteiger partial charge in [0.05, 0.1) is 44.3 Å². The van der Waals surface area contributed by atoms with E-state index in [1.165, 1.54) is 6.33 Å². The Hall–Kier alpha value is -3.67. The van der Waals surface area contributed by atoms with Crippen LogP contribution in [-0.2, 0) is 29.3 Å². The second-order valence-corrected chi connectivity index (χ2v) is 9.28. The number of piperazine rings is 2. The van der Waals surface area contributed by atoms with E-state index in [0.717, 1.165) is 0 Å². The Morgan fingerprint density at radius 1 is 1.03 bits per heavy atom. The molecule has 35 heavy (non-hydrogen) atoms. The molecule has 7 N–H and O–H groups in total. The number of imidazole rings is 1. The van der Waals surface area contributed by atoms with E-state index in [-0.39, 0.29) is 61.4 Å². The number of anilines is 1. The number of nitrogens with two attached hydrogens (primary N) is 1. The van der Waals surface area contributed by atoms with E-state index in [9.17, 15) is 32.4 Å². The van der Waals surface area contributed by atoms with Gasteiger partial charge in [0.1, 0.15) is 5.82 Å². The lowest BCUT2D eigenvalue weighted by atomic mass is 10.2. The second-order valence-electron chi connectivity index (χ2n) is 7.82. The van der Waals surface area contributed by atoms with Crippen molar-refractivity contribution >= 4 is 50.6 Å². The maximum atomic E-state index is 11.3. The van der Waals surface area contributed by atoms with Crippen molar-refractivity contribution in [3.8, 4) is 0 Å². The van der Waals surface area contributed by atoms with E-state index in [0.29, 0.717) is 29.7 Å². The van der Waals surface area contributed by atoms with Gasteiger partial charge < -0.3 is 15.7 Å². The first-order valence-electron chi connectivity index (χ1n) is 10.1. The highest BCUT2D eigenvalue weighted by Crippen LogP contribution is 2.06. The summed E-state index contributed by atoms with van der Waals surface area (Å²) in [6, 6.07) is 1.54. The number of nitrogens with zero attached hydrogens (tertiary/aromatic N) is 3. The Morgan fingerprint density at radius 2 is 1.51 bits per heavy atom. The van der Waals surface area contributed by atoms with Gasteiger partial charge in [-0.2, -0.15) is 8.42 Å². The normalized spacial score (nSPS) is 18.0. The van der Waals surface area contributed by atoms with Gasteiger partial charge in [-0.25, -0.2) is 4.98 Å². The minimum absolute atomic E-state index is 0.0892. The van der Waals surface area contributed by atoms with Crippen molar-refractivity contribution in [3.63, 3.8) is 0 Å². The highest BCUT2D eigenvalue weighted by Gasteiger charge is 2.29. The molecule has 16 nitrogen and oxygen atoms in total. The van der Waals surface area contributed by atoms with Gasteiger partial charge in [0.2, 0.25) is 23.6 Å². The fraction of sp³-hybridized carbons (Fsp3) is 0.444. The summed E-state index contributed by atoms with van der Waals surface area (Å²) in [5.41, 5.74) is 6.16. The summed E-state index contributed by atoms with van der Waals surface area (Å²) in [5.74, 6) is -0.954. The molecule has 0 aromatic carbocycles. The van der Waals surface area contributed by atoms with Crippen molar-refractivity contribution in [2.45, 2.75) is 13.0 Å². The lowest BCUT2D eigenvalue weighted by Gasteiger charge is -2.35. The van der Waals surface area contributed by atoms with Crippen molar-refractivity contribution in [2.24, 2.45) is 0 Å². The molecule has 2 aromatic rings. The molecular formula is C18H26N8O8S. The van der Waals surface area contributed by atoms with Crippen LogP contribution >= 0.6 is 0 Å². The third-order valence-electron chi connectivity index (χ3n) is 4.57. The lowest BCUT2D eigenvalue weighted by molar-refractivity contribution is -0.140. The van der Waals surface area contributed by atoms with Crippen LogP contribution in [0.5, 0.6) is 0 Å². The smallest absolute Gasteiger partial charge is 0.277 e. The van der Waals surface area contributed by atoms with Crippen LogP contribution in [0.4, 0.5) is 5.82 Å². The summed E-state index contributed by atoms with van der Waals surface area (Å²) in [5, 5.41) is 4.46. The molecular weight excluding hydrogens is 488 g/mol. The van der Waals surface area contributed by atoms with Gasteiger partial charge in [-0.3, -0.25) is 49.0 Å². The van der Waals surface area contributed by atoms with Crippen molar-refractivity contribution in [3.05, 3.63) is 22.7 Å². The lowest BCUT2D eigenvalue weighted by Crippen LogP contribution is -2.58. The maximum Gasteiger partial charge on any atom is 0.277 e. The number of amides is 4. The van der Waals surface area contributed by atoms with Crippen LogP contribution in [0.3, 0.4) is 0 Å². The number of hydrogen-bond donors (Lipinski definition) is 6. The summed E-state index contributed by atoms with van der Waals surface area (Å²) in [6.45, 7) is 2.94. The molecule has 2 aliphatic rings. The van der Waals surface area contributed by atoms with Gasteiger partial charge in [0.25, 0.3) is 15.7 Å². The molecule has 4 heterocycles. The fourth-order valence-electron chi connectivity index (χ4n) is 3.26. The molecule has 1 atom stereocenters. The van der Waals surface area contributed by atoms with Crippen molar-refractivity contribution in [1.29, 1.82) is 0 Å². The molecule has 2 fully saturated rings. The number of hydrogen-bond acceptors (Lipinski definition) is 11. The summed E-state index contributed by atoms with van der Waals surface area (Å²) >= 11 is 0. The summed E-state index contributed by atoms with van der Waals surface area (Å²) in [4.78, 5) is 68.6. The molecule has 0 aliphatic carbocycles. The number of aromatic nitrogens is 3. The van der Waals surface area contributed by atoms with E-state index < -0.39 is 10.1 Å². The third kappa shape index (κ3) is 9.61. The SMILES string of the molecule is CC(CN1CC(=O)NC(=O)C1)N1CC(=O)NC(=O)C1.CS(=O)(=O)O.Nc1cc2[nH]cnc2c(=O)[nH]1. The molecule has 2 aliphatic heterocycles. The topological polar surface area (TPSA) is 241 Å². The van der Waals surface area contributed by atoms with E-state index in [1.807, 2.05) is 6.92 Å². The summed E-state index contributed by atoms with van der Waals surface area (Å²) < 4.78 is 25.9. The van der Waals surface area contributed by atoms with Gasteiger partial charge in [-0.15, -0.1) is 0 Å².